The number of rotatable bonds is 4. The Labute approximate surface area is 172 Å². The lowest BCUT2D eigenvalue weighted by Crippen LogP contribution is -2.27. The Bertz CT molecular complexity index is 1140. The maximum Gasteiger partial charge on any atom is 0.357 e. The highest BCUT2D eigenvalue weighted by Gasteiger charge is 2.32. The zero-order chi connectivity index (χ0) is 19.6. The number of nitrogens with zero attached hydrogens (tertiary/aromatic N) is 3. The molecule has 0 spiro atoms. The van der Waals surface area contributed by atoms with Crippen LogP contribution in [0, 0.1) is 0 Å². The van der Waals surface area contributed by atoms with Crippen LogP contribution in [-0.4, -0.2) is 27.5 Å². The number of pyridine rings is 1. The quantitative estimate of drug-likeness (QED) is 0.466. The fraction of sp³-hybridized carbons (Fsp3) is 0.174. The van der Waals surface area contributed by atoms with E-state index in [-0.39, 0.29) is 12.0 Å². The molecule has 4 aromatic rings. The Kier molecular flexibility index (Phi) is 4.79. The van der Waals surface area contributed by atoms with Gasteiger partial charge in [-0.1, -0.05) is 48.5 Å². The maximum atomic E-state index is 12.5. The third-order valence-corrected chi connectivity index (χ3v) is 6.19. The SMILES string of the molecule is O=C(ON1CCC[C@H]1c1nc2c(-c3ccccc3)nccc2s1)c1ccccc1. The first-order chi connectivity index (χ1) is 14.3. The van der Waals surface area contributed by atoms with Gasteiger partial charge < -0.3 is 4.84 Å². The summed E-state index contributed by atoms with van der Waals surface area (Å²) in [5.41, 5.74) is 3.39. The van der Waals surface area contributed by atoms with Crippen LogP contribution in [0.2, 0.25) is 0 Å². The Morgan fingerprint density at radius 3 is 2.59 bits per heavy atom. The molecule has 1 saturated heterocycles. The highest BCUT2D eigenvalue weighted by Crippen LogP contribution is 2.38. The molecule has 1 atom stereocenters. The summed E-state index contributed by atoms with van der Waals surface area (Å²) < 4.78 is 1.09. The molecule has 5 nitrogen and oxygen atoms in total. The van der Waals surface area contributed by atoms with E-state index in [0.29, 0.717) is 12.1 Å². The number of hydroxylamine groups is 2. The smallest absolute Gasteiger partial charge is 0.357 e. The van der Waals surface area contributed by atoms with Gasteiger partial charge in [-0.25, -0.2) is 9.78 Å². The third-order valence-electron chi connectivity index (χ3n) is 5.07. The third kappa shape index (κ3) is 3.52. The van der Waals surface area contributed by atoms with Gasteiger partial charge in [-0.05, 0) is 31.0 Å². The minimum absolute atomic E-state index is 0.0244. The summed E-state index contributed by atoms with van der Waals surface area (Å²) in [6.45, 7) is 0.711. The highest BCUT2D eigenvalue weighted by atomic mass is 32.1. The summed E-state index contributed by atoms with van der Waals surface area (Å²) in [7, 11) is 0. The monoisotopic (exact) mass is 401 g/mol. The van der Waals surface area contributed by atoms with Crippen LogP contribution in [0.3, 0.4) is 0 Å². The van der Waals surface area contributed by atoms with E-state index in [0.717, 1.165) is 39.3 Å². The zero-order valence-corrected chi connectivity index (χ0v) is 16.5. The molecule has 2 aromatic carbocycles. The summed E-state index contributed by atoms with van der Waals surface area (Å²) in [6.07, 6.45) is 3.71. The molecule has 6 heteroatoms. The molecule has 0 unspecified atom stereocenters. The largest absolute Gasteiger partial charge is 0.363 e. The molecular weight excluding hydrogens is 382 g/mol. The van der Waals surface area contributed by atoms with Gasteiger partial charge in [-0.2, -0.15) is 0 Å². The lowest BCUT2D eigenvalue weighted by Gasteiger charge is -2.21. The number of thiazole rings is 1. The fourth-order valence-electron chi connectivity index (χ4n) is 3.65. The van der Waals surface area contributed by atoms with Crippen molar-refractivity contribution in [2.75, 3.05) is 6.54 Å². The van der Waals surface area contributed by atoms with E-state index in [4.69, 9.17) is 9.82 Å². The molecule has 0 amide bonds. The molecule has 2 aromatic heterocycles. The summed E-state index contributed by atoms with van der Waals surface area (Å²) in [5.74, 6) is -0.328. The van der Waals surface area contributed by atoms with Crippen LogP contribution < -0.4 is 0 Å². The van der Waals surface area contributed by atoms with Gasteiger partial charge in [0.15, 0.2) is 0 Å². The van der Waals surface area contributed by atoms with Gasteiger partial charge in [0.25, 0.3) is 0 Å². The summed E-state index contributed by atoms with van der Waals surface area (Å²) >= 11 is 1.65. The maximum absolute atomic E-state index is 12.5. The van der Waals surface area contributed by atoms with Crippen molar-refractivity contribution in [2.45, 2.75) is 18.9 Å². The number of hydrogen-bond acceptors (Lipinski definition) is 6. The van der Waals surface area contributed by atoms with Crippen molar-refractivity contribution in [1.82, 2.24) is 15.0 Å². The second-order valence-electron chi connectivity index (χ2n) is 6.97. The molecule has 1 aliphatic rings. The van der Waals surface area contributed by atoms with Crippen molar-refractivity contribution >= 4 is 27.5 Å². The van der Waals surface area contributed by atoms with E-state index in [9.17, 15) is 4.79 Å². The van der Waals surface area contributed by atoms with Crippen LogP contribution in [0.15, 0.2) is 72.9 Å². The molecule has 1 aliphatic heterocycles. The molecule has 3 heterocycles. The molecule has 29 heavy (non-hydrogen) atoms. The number of aromatic nitrogens is 2. The van der Waals surface area contributed by atoms with Crippen molar-refractivity contribution in [1.29, 1.82) is 0 Å². The second-order valence-corrected chi connectivity index (χ2v) is 8.03. The van der Waals surface area contributed by atoms with Crippen molar-refractivity contribution in [3.63, 3.8) is 0 Å². The normalized spacial score (nSPS) is 16.9. The van der Waals surface area contributed by atoms with Gasteiger partial charge in [-0.15, -0.1) is 16.4 Å². The van der Waals surface area contributed by atoms with Crippen LogP contribution in [0.4, 0.5) is 0 Å². The summed E-state index contributed by atoms with van der Waals surface area (Å²) in [6, 6.07) is 21.2. The molecule has 0 N–H and O–H groups in total. The molecule has 1 fully saturated rings. The van der Waals surface area contributed by atoms with Crippen molar-refractivity contribution < 1.29 is 9.63 Å². The molecule has 0 bridgehead atoms. The first kappa shape index (κ1) is 18.0. The fourth-order valence-corrected chi connectivity index (χ4v) is 4.75. The van der Waals surface area contributed by atoms with Crippen LogP contribution in [0.25, 0.3) is 21.5 Å². The Morgan fingerprint density at radius 2 is 1.79 bits per heavy atom. The Hall–Kier alpha value is -3.09. The lowest BCUT2D eigenvalue weighted by molar-refractivity contribution is -0.120. The number of carbonyl (C=O) groups is 1. The standard InChI is InChI=1S/C23H19N3O2S/c27-23(17-10-5-2-6-11-17)28-26-15-7-12-18(26)22-25-21-19(29-22)13-14-24-20(21)16-8-3-1-4-9-16/h1-6,8-11,13-14,18H,7,12,15H2/t18-/m0/s1. The van der Waals surface area contributed by atoms with Gasteiger partial charge in [0.05, 0.1) is 22.0 Å². The van der Waals surface area contributed by atoms with Gasteiger partial charge >= 0.3 is 5.97 Å². The number of hydrogen-bond donors (Lipinski definition) is 0. The van der Waals surface area contributed by atoms with Crippen LogP contribution in [0.5, 0.6) is 0 Å². The molecule has 0 saturated carbocycles. The summed E-state index contributed by atoms with van der Waals surface area (Å²) in [5, 5.41) is 2.74. The van der Waals surface area contributed by atoms with Crippen molar-refractivity contribution in [2.24, 2.45) is 0 Å². The number of benzene rings is 2. The minimum Gasteiger partial charge on any atom is -0.363 e. The van der Waals surface area contributed by atoms with Gasteiger partial charge in [0.1, 0.15) is 10.5 Å². The first-order valence-electron chi connectivity index (χ1n) is 9.64. The Morgan fingerprint density at radius 1 is 1.03 bits per heavy atom. The van der Waals surface area contributed by atoms with E-state index in [1.54, 1.807) is 28.5 Å². The topological polar surface area (TPSA) is 55.3 Å². The highest BCUT2D eigenvalue weighted by molar-refractivity contribution is 7.18. The van der Waals surface area contributed by atoms with E-state index >= 15 is 0 Å². The predicted octanol–water partition coefficient (Wildman–Crippen LogP) is 5.27. The first-order valence-corrected chi connectivity index (χ1v) is 10.5. The van der Waals surface area contributed by atoms with E-state index in [1.807, 2.05) is 60.8 Å². The number of fused-ring (bicyclic) bond motifs is 1. The minimum atomic E-state index is -0.328. The van der Waals surface area contributed by atoms with Gasteiger partial charge in [0, 0.05) is 18.3 Å². The molecule has 144 valence electrons. The zero-order valence-electron chi connectivity index (χ0n) is 15.7. The van der Waals surface area contributed by atoms with Crippen LogP contribution in [0.1, 0.15) is 34.2 Å². The average Bonchev–Trinajstić information content (AvgIpc) is 3.41. The molecule has 0 radical (unpaired) electrons. The molecule has 0 aliphatic carbocycles. The van der Waals surface area contributed by atoms with Gasteiger partial charge in [0.2, 0.25) is 0 Å². The van der Waals surface area contributed by atoms with E-state index in [2.05, 4.69) is 4.98 Å². The van der Waals surface area contributed by atoms with E-state index in [1.165, 1.54) is 0 Å². The molecular formula is C23H19N3O2S. The molecule has 5 rings (SSSR count). The predicted molar refractivity (Wildman–Crippen MR) is 113 cm³/mol. The summed E-state index contributed by atoms with van der Waals surface area (Å²) in [4.78, 5) is 27.7. The average molecular weight is 401 g/mol. The van der Waals surface area contributed by atoms with Crippen molar-refractivity contribution in [3.8, 4) is 11.3 Å². The second kappa shape index (κ2) is 7.73. The van der Waals surface area contributed by atoms with Crippen LogP contribution >= 0.6 is 11.3 Å². The van der Waals surface area contributed by atoms with Crippen LogP contribution in [-0.2, 0) is 4.84 Å². The van der Waals surface area contributed by atoms with Gasteiger partial charge in [-0.3, -0.25) is 4.98 Å². The Balaban J connectivity index is 1.45. The number of carbonyl (C=O) groups excluding carboxylic acids is 1. The van der Waals surface area contributed by atoms with Crippen molar-refractivity contribution in [3.05, 3.63) is 83.5 Å². The lowest BCUT2D eigenvalue weighted by atomic mass is 10.1. The van der Waals surface area contributed by atoms with E-state index < -0.39 is 0 Å².